The van der Waals surface area contributed by atoms with E-state index >= 15 is 0 Å². The Hall–Kier alpha value is -1.35. The van der Waals surface area contributed by atoms with Gasteiger partial charge in [0.15, 0.2) is 0 Å². The number of nitrogens with zero attached hydrogens (tertiary/aromatic N) is 2. The van der Waals surface area contributed by atoms with Crippen LogP contribution in [0, 0.1) is 11.8 Å². The van der Waals surface area contributed by atoms with Gasteiger partial charge in [0.2, 0.25) is 5.91 Å². The molecular formula is C13H19N3OS. The molecule has 5 heteroatoms. The topological polar surface area (TPSA) is 49.6 Å². The van der Waals surface area contributed by atoms with Crippen molar-refractivity contribution >= 4 is 17.2 Å². The Kier molecular flexibility index (Phi) is 5.86. The lowest BCUT2D eigenvalue weighted by Gasteiger charge is -2.17. The van der Waals surface area contributed by atoms with Gasteiger partial charge in [-0.2, -0.15) is 0 Å². The zero-order chi connectivity index (χ0) is 13.5. The largest absolute Gasteiger partial charge is 0.348 e. The van der Waals surface area contributed by atoms with Crippen LogP contribution in [-0.2, 0) is 11.3 Å². The normalized spacial score (nSPS) is 10.1. The van der Waals surface area contributed by atoms with Crippen molar-refractivity contribution in [2.45, 2.75) is 6.54 Å². The molecule has 0 spiro atoms. The fourth-order valence-corrected chi connectivity index (χ4v) is 2.33. The Bertz CT molecular complexity index is 456. The third kappa shape index (κ3) is 4.88. The molecule has 18 heavy (non-hydrogen) atoms. The molecule has 0 aliphatic heterocycles. The molecule has 1 aromatic heterocycles. The molecule has 0 saturated carbocycles. The quantitative estimate of drug-likeness (QED) is 0.810. The Morgan fingerprint density at radius 1 is 1.39 bits per heavy atom. The second-order valence-corrected chi connectivity index (χ2v) is 5.40. The van der Waals surface area contributed by atoms with Crippen LogP contribution in [0.4, 0.5) is 0 Å². The Morgan fingerprint density at radius 3 is 2.72 bits per heavy atom. The summed E-state index contributed by atoms with van der Waals surface area (Å²) in [6.07, 6.45) is 0. The van der Waals surface area contributed by atoms with E-state index in [2.05, 4.69) is 11.8 Å². The van der Waals surface area contributed by atoms with Crippen LogP contribution >= 0.6 is 11.3 Å². The highest BCUT2D eigenvalue weighted by Gasteiger charge is 2.09. The van der Waals surface area contributed by atoms with Gasteiger partial charge in [0.1, 0.15) is 0 Å². The first kappa shape index (κ1) is 14.7. The highest BCUT2D eigenvalue weighted by molar-refractivity contribution is 7.12. The monoisotopic (exact) mass is 265 g/mol. The van der Waals surface area contributed by atoms with E-state index in [9.17, 15) is 4.79 Å². The summed E-state index contributed by atoms with van der Waals surface area (Å²) < 4.78 is 0. The van der Waals surface area contributed by atoms with Gasteiger partial charge in [-0.1, -0.05) is 11.8 Å². The van der Waals surface area contributed by atoms with Crippen molar-refractivity contribution in [1.29, 1.82) is 0 Å². The minimum absolute atomic E-state index is 0.109. The maximum Gasteiger partial charge on any atom is 0.236 e. The van der Waals surface area contributed by atoms with Crippen molar-refractivity contribution < 1.29 is 4.79 Å². The second kappa shape index (κ2) is 7.17. The average molecular weight is 265 g/mol. The van der Waals surface area contributed by atoms with E-state index in [-0.39, 0.29) is 5.91 Å². The number of hydrogen-bond donors (Lipinski definition) is 1. The molecule has 1 rings (SSSR count). The summed E-state index contributed by atoms with van der Waals surface area (Å²) in [5, 5.41) is 0. The smallest absolute Gasteiger partial charge is 0.236 e. The van der Waals surface area contributed by atoms with E-state index in [1.807, 2.05) is 24.1 Å². The number of amides is 1. The number of carbonyl (C=O) groups excluding carboxylic acids is 1. The van der Waals surface area contributed by atoms with Crippen LogP contribution in [0.2, 0.25) is 0 Å². The molecule has 0 bridgehead atoms. The molecule has 0 aromatic carbocycles. The zero-order valence-electron chi connectivity index (χ0n) is 11.1. The standard InChI is InChI=1S/C13H19N3OS/c1-15(2)13(17)10-16(3)9-12-7-6-11(18-12)5-4-8-14/h6-7H,8-10,14H2,1-3H3. The van der Waals surface area contributed by atoms with Crippen molar-refractivity contribution in [3.63, 3.8) is 0 Å². The van der Waals surface area contributed by atoms with Gasteiger partial charge in [0.25, 0.3) is 0 Å². The average Bonchev–Trinajstić information content (AvgIpc) is 2.73. The maximum atomic E-state index is 11.5. The predicted octanol–water partition coefficient (Wildman–Crippen LogP) is 0.578. The maximum absolute atomic E-state index is 11.5. The third-order valence-electron chi connectivity index (χ3n) is 2.31. The fourth-order valence-electron chi connectivity index (χ4n) is 1.36. The third-order valence-corrected chi connectivity index (χ3v) is 3.29. The molecular weight excluding hydrogens is 246 g/mol. The van der Waals surface area contributed by atoms with Gasteiger partial charge >= 0.3 is 0 Å². The second-order valence-electron chi connectivity index (χ2n) is 4.23. The molecule has 1 aromatic rings. The van der Waals surface area contributed by atoms with E-state index in [0.717, 1.165) is 11.4 Å². The Labute approximate surface area is 112 Å². The first-order chi connectivity index (χ1) is 8.52. The molecule has 0 aliphatic rings. The lowest BCUT2D eigenvalue weighted by atomic mass is 10.4. The molecule has 98 valence electrons. The van der Waals surface area contributed by atoms with Crippen molar-refractivity contribution in [3.8, 4) is 11.8 Å². The Balaban J connectivity index is 2.52. The summed E-state index contributed by atoms with van der Waals surface area (Å²) in [5.74, 6) is 5.95. The summed E-state index contributed by atoms with van der Waals surface area (Å²) in [5.41, 5.74) is 5.33. The molecule has 1 heterocycles. The lowest BCUT2D eigenvalue weighted by molar-refractivity contribution is -0.129. The fraction of sp³-hybridized carbons (Fsp3) is 0.462. The van der Waals surface area contributed by atoms with Crippen LogP contribution in [0.5, 0.6) is 0 Å². The van der Waals surface area contributed by atoms with Gasteiger partial charge in [-0.15, -0.1) is 11.3 Å². The van der Waals surface area contributed by atoms with E-state index in [0.29, 0.717) is 13.1 Å². The van der Waals surface area contributed by atoms with E-state index in [4.69, 9.17) is 5.73 Å². The number of likely N-dealkylation sites (N-methyl/N-ethyl adjacent to an activating group) is 2. The van der Waals surface area contributed by atoms with Gasteiger partial charge in [-0.25, -0.2) is 0 Å². The van der Waals surface area contributed by atoms with Crippen LogP contribution < -0.4 is 5.73 Å². The van der Waals surface area contributed by atoms with Gasteiger partial charge in [0.05, 0.1) is 18.0 Å². The summed E-state index contributed by atoms with van der Waals surface area (Å²) in [7, 11) is 5.47. The number of nitrogens with two attached hydrogens (primary N) is 1. The van der Waals surface area contributed by atoms with Crippen LogP contribution in [0.15, 0.2) is 12.1 Å². The zero-order valence-corrected chi connectivity index (χ0v) is 11.9. The molecule has 0 fully saturated rings. The van der Waals surface area contributed by atoms with Crippen molar-refractivity contribution in [1.82, 2.24) is 9.80 Å². The minimum atomic E-state index is 0.109. The van der Waals surface area contributed by atoms with Crippen molar-refractivity contribution in [2.75, 3.05) is 34.2 Å². The van der Waals surface area contributed by atoms with Crippen LogP contribution in [0.3, 0.4) is 0 Å². The molecule has 2 N–H and O–H groups in total. The Morgan fingerprint density at radius 2 is 2.11 bits per heavy atom. The molecule has 1 amide bonds. The lowest BCUT2D eigenvalue weighted by Crippen LogP contribution is -2.33. The number of thiophene rings is 1. The predicted molar refractivity (Wildman–Crippen MR) is 75.3 cm³/mol. The van der Waals surface area contributed by atoms with Gasteiger partial charge < -0.3 is 10.6 Å². The van der Waals surface area contributed by atoms with Gasteiger partial charge in [0, 0.05) is 25.5 Å². The summed E-state index contributed by atoms with van der Waals surface area (Å²) >= 11 is 1.64. The van der Waals surface area contributed by atoms with E-state index in [1.54, 1.807) is 30.3 Å². The summed E-state index contributed by atoms with van der Waals surface area (Å²) in [6, 6.07) is 4.03. The number of rotatable bonds is 4. The van der Waals surface area contributed by atoms with Crippen LogP contribution in [0.25, 0.3) is 0 Å². The van der Waals surface area contributed by atoms with Crippen molar-refractivity contribution in [3.05, 3.63) is 21.9 Å². The first-order valence-electron chi connectivity index (χ1n) is 5.69. The molecule has 0 saturated heterocycles. The number of hydrogen-bond acceptors (Lipinski definition) is 4. The van der Waals surface area contributed by atoms with Gasteiger partial charge in [-0.05, 0) is 19.2 Å². The summed E-state index contributed by atoms with van der Waals surface area (Å²) in [4.78, 5) is 17.4. The van der Waals surface area contributed by atoms with Crippen LogP contribution in [0.1, 0.15) is 9.75 Å². The molecule has 0 aliphatic carbocycles. The molecule has 0 atom stereocenters. The number of carbonyl (C=O) groups is 1. The minimum Gasteiger partial charge on any atom is -0.348 e. The van der Waals surface area contributed by atoms with Crippen LogP contribution in [-0.4, -0.2) is 49.9 Å². The molecule has 0 unspecified atom stereocenters. The van der Waals surface area contributed by atoms with Crippen molar-refractivity contribution in [2.24, 2.45) is 5.73 Å². The highest BCUT2D eigenvalue weighted by atomic mass is 32.1. The van der Waals surface area contributed by atoms with Gasteiger partial charge in [-0.3, -0.25) is 9.69 Å². The molecule has 4 nitrogen and oxygen atoms in total. The molecule has 0 radical (unpaired) electrons. The SMILES string of the molecule is CN(CC(=O)N(C)C)Cc1ccc(C#CCN)s1. The summed E-state index contributed by atoms with van der Waals surface area (Å²) in [6.45, 7) is 1.56. The van der Waals surface area contributed by atoms with E-state index in [1.165, 1.54) is 4.88 Å². The van der Waals surface area contributed by atoms with E-state index < -0.39 is 0 Å². The highest BCUT2D eigenvalue weighted by Crippen LogP contribution is 2.16. The first-order valence-corrected chi connectivity index (χ1v) is 6.51.